The van der Waals surface area contributed by atoms with Crippen molar-refractivity contribution < 1.29 is 18.8 Å². The van der Waals surface area contributed by atoms with E-state index in [-0.39, 0.29) is 30.6 Å². The van der Waals surface area contributed by atoms with Gasteiger partial charge in [-0.15, -0.1) is 0 Å². The number of anilines is 1. The summed E-state index contributed by atoms with van der Waals surface area (Å²) in [6.45, 7) is 3.74. The third-order valence-electron chi connectivity index (χ3n) is 3.88. The lowest BCUT2D eigenvalue weighted by Gasteiger charge is -2.33. The van der Waals surface area contributed by atoms with Crippen molar-refractivity contribution in [2.24, 2.45) is 0 Å². The topological polar surface area (TPSA) is 60.9 Å². The number of benzene rings is 1. The zero-order valence-electron chi connectivity index (χ0n) is 13.1. The number of piperazine rings is 1. The van der Waals surface area contributed by atoms with Crippen LogP contribution in [0.5, 0.6) is 0 Å². The van der Waals surface area contributed by atoms with Gasteiger partial charge in [0.05, 0.1) is 0 Å². The molecule has 1 saturated heterocycles. The predicted molar refractivity (Wildman–Crippen MR) is 83.3 cm³/mol. The van der Waals surface area contributed by atoms with Gasteiger partial charge in [-0.2, -0.15) is 0 Å². The summed E-state index contributed by atoms with van der Waals surface area (Å²) in [5.74, 6) is -0.625. The number of carbonyl (C=O) groups is 3. The van der Waals surface area contributed by atoms with Crippen molar-refractivity contribution in [1.29, 1.82) is 0 Å². The maximum Gasteiger partial charge on any atom is 0.224 e. The standard InChI is InChI=1S/C16H20FN3O3/c1-13(22)20(15-4-2-14(17)3-5-15)7-6-16(23)19-10-8-18(12-21)9-11-19/h2-5,12H,6-11H2,1H3. The van der Waals surface area contributed by atoms with E-state index >= 15 is 0 Å². The summed E-state index contributed by atoms with van der Waals surface area (Å²) in [6.07, 6.45) is 0.978. The van der Waals surface area contributed by atoms with Gasteiger partial charge < -0.3 is 14.7 Å². The maximum absolute atomic E-state index is 13.0. The first kappa shape index (κ1) is 16.9. The molecule has 7 heteroatoms. The van der Waals surface area contributed by atoms with E-state index in [0.717, 1.165) is 6.41 Å². The second-order valence-electron chi connectivity index (χ2n) is 5.42. The van der Waals surface area contributed by atoms with Gasteiger partial charge in [-0.05, 0) is 24.3 Å². The average molecular weight is 321 g/mol. The van der Waals surface area contributed by atoms with Crippen molar-refractivity contribution in [2.45, 2.75) is 13.3 Å². The van der Waals surface area contributed by atoms with E-state index in [4.69, 9.17) is 0 Å². The number of carbonyl (C=O) groups excluding carboxylic acids is 3. The molecule has 0 unspecified atom stereocenters. The fourth-order valence-electron chi connectivity index (χ4n) is 2.53. The Labute approximate surface area is 134 Å². The second-order valence-corrected chi connectivity index (χ2v) is 5.42. The summed E-state index contributed by atoms with van der Waals surface area (Å²) in [6, 6.07) is 5.60. The highest BCUT2D eigenvalue weighted by Crippen LogP contribution is 2.16. The van der Waals surface area contributed by atoms with Crippen LogP contribution < -0.4 is 4.90 Å². The maximum atomic E-state index is 13.0. The van der Waals surface area contributed by atoms with E-state index < -0.39 is 0 Å². The van der Waals surface area contributed by atoms with Gasteiger partial charge in [-0.25, -0.2) is 4.39 Å². The predicted octanol–water partition coefficient (Wildman–Crippen LogP) is 0.869. The second kappa shape index (κ2) is 7.71. The molecule has 124 valence electrons. The molecule has 0 saturated carbocycles. The zero-order valence-corrected chi connectivity index (χ0v) is 13.1. The number of nitrogens with zero attached hydrogens (tertiary/aromatic N) is 3. The summed E-state index contributed by atoms with van der Waals surface area (Å²) in [7, 11) is 0. The van der Waals surface area contributed by atoms with E-state index in [1.807, 2.05) is 0 Å². The lowest BCUT2D eigenvalue weighted by molar-refractivity contribution is -0.135. The van der Waals surface area contributed by atoms with Crippen LogP contribution in [-0.2, 0) is 14.4 Å². The van der Waals surface area contributed by atoms with E-state index in [0.29, 0.717) is 31.9 Å². The van der Waals surface area contributed by atoms with Gasteiger partial charge in [0.15, 0.2) is 0 Å². The smallest absolute Gasteiger partial charge is 0.224 e. The van der Waals surface area contributed by atoms with Gasteiger partial charge in [-0.1, -0.05) is 0 Å². The molecular weight excluding hydrogens is 301 g/mol. The molecule has 0 bridgehead atoms. The van der Waals surface area contributed by atoms with Crippen LogP contribution in [0.4, 0.5) is 10.1 Å². The van der Waals surface area contributed by atoms with Crippen LogP contribution >= 0.6 is 0 Å². The Balaban J connectivity index is 1.91. The summed E-state index contributed by atoms with van der Waals surface area (Å²) in [5, 5.41) is 0. The first-order chi connectivity index (χ1) is 11.0. The highest BCUT2D eigenvalue weighted by Gasteiger charge is 2.21. The monoisotopic (exact) mass is 321 g/mol. The molecule has 3 amide bonds. The number of hydrogen-bond donors (Lipinski definition) is 0. The number of hydrogen-bond acceptors (Lipinski definition) is 3. The van der Waals surface area contributed by atoms with Crippen LogP contribution in [0.15, 0.2) is 24.3 Å². The van der Waals surface area contributed by atoms with Crippen LogP contribution in [0.3, 0.4) is 0 Å². The Morgan fingerprint density at radius 2 is 1.78 bits per heavy atom. The van der Waals surface area contributed by atoms with E-state index in [1.165, 1.54) is 36.1 Å². The van der Waals surface area contributed by atoms with Gasteiger partial charge >= 0.3 is 0 Å². The van der Waals surface area contributed by atoms with E-state index in [9.17, 15) is 18.8 Å². The zero-order chi connectivity index (χ0) is 16.8. The van der Waals surface area contributed by atoms with Crippen molar-refractivity contribution in [3.05, 3.63) is 30.1 Å². The molecule has 6 nitrogen and oxygen atoms in total. The molecule has 0 aromatic heterocycles. The first-order valence-electron chi connectivity index (χ1n) is 7.52. The lowest BCUT2D eigenvalue weighted by Crippen LogP contribution is -2.48. The third-order valence-corrected chi connectivity index (χ3v) is 3.88. The van der Waals surface area contributed by atoms with Crippen molar-refractivity contribution in [2.75, 3.05) is 37.6 Å². The number of amides is 3. The van der Waals surface area contributed by atoms with Crippen molar-refractivity contribution in [3.63, 3.8) is 0 Å². The van der Waals surface area contributed by atoms with Crippen molar-refractivity contribution in [3.8, 4) is 0 Å². The molecule has 0 atom stereocenters. The average Bonchev–Trinajstić information content (AvgIpc) is 2.56. The first-order valence-corrected chi connectivity index (χ1v) is 7.52. The highest BCUT2D eigenvalue weighted by atomic mass is 19.1. The molecule has 1 aliphatic rings. The van der Waals surface area contributed by atoms with Gasteiger partial charge in [0.25, 0.3) is 0 Å². The highest BCUT2D eigenvalue weighted by molar-refractivity contribution is 5.92. The molecule has 2 rings (SSSR count). The summed E-state index contributed by atoms with van der Waals surface area (Å²) < 4.78 is 13.0. The summed E-state index contributed by atoms with van der Waals surface area (Å²) in [5.41, 5.74) is 0.567. The summed E-state index contributed by atoms with van der Waals surface area (Å²) >= 11 is 0. The van der Waals surface area contributed by atoms with Crippen molar-refractivity contribution >= 4 is 23.9 Å². The van der Waals surface area contributed by atoms with Gasteiger partial charge in [0.2, 0.25) is 18.2 Å². The molecule has 1 aromatic carbocycles. The SMILES string of the molecule is CC(=O)N(CCC(=O)N1CCN(C=O)CC1)c1ccc(F)cc1. The molecule has 1 aliphatic heterocycles. The molecule has 0 spiro atoms. The van der Waals surface area contributed by atoms with Crippen LogP contribution in [0.2, 0.25) is 0 Å². The minimum Gasteiger partial charge on any atom is -0.342 e. The Morgan fingerprint density at radius 1 is 1.17 bits per heavy atom. The van der Waals surface area contributed by atoms with Gasteiger partial charge in [0, 0.05) is 51.8 Å². The molecule has 0 N–H and O–H groups in total. The fourth-order valence-corrected chi connectivity index (χ4v) is 2.53. The van der Waals surface area contributed by atoms with E-state index in [1.54, 1.807) is 9.80 Å². The number of rotatable bonds is 5. The molecule has 0 radical (unpaired) electrons. The molecule has 23 heavy (non-hydrogen) atoms. The Hall–Kier alpha value is -2.44. The van der Waals surface area contributed by atoms with E-state index in [2.05, 4.69) is 0 Å². The molecule has 0 aliphatic carbocycles. The summed E-state index contributed by atoms with van der Waals surface area (Å²) in [4.78, 5) is 39.4. The lowest BCUT2D eigenvalue weighted by atomic mass is 10.2. The van der Waals surface area contributed by atoms with Gasteiger partial charge in [-0.3, -0.25) is 14.4 Å². The Bertz CT molecular complexity index is 568. The molecular formula is C16H20FN3O3. The largest absolute Gasteiger partial charge is 0.342 e. The Kier molecular flexibility index (Phi) is 5.67. The molecule has 1 heterocycles. The van der Waals surface area contributed by atoms with Crippen LogP contribution in [-0.4, -0.2) is 60.7 Å². The Morgan fingerprint density at radius 3 is 2.30 bits per heavy atom. The quantitative estimate of drug-likeness (QED) is 0.756. The van der Waals surface area contributed by atoms with Gasteiger partial charge in [0.1, 0.15) is 5.82 Å². The normalized spacial score (nSPS) is 14.5. The molecule has 1 fully saturated rings. The minimum atomic E-state index is -0.374. The fraction of sp³-hybridized carbons (Fsp3) is 0.438. The van der Waals surface area contributed by atoms with Crippen LogP contribution in [0.25, 0.3) is 0 Å². The number of halogens is 1. The van der Waals surface area contributed by atoms with Crippen LogP contribution in [0.1, 0.15) is 13.3 Å². The minimum absolute atomic E-state index is 0.0519. The van der Waals surface area contributed by atoms with Crippen molar-refractivity contribution in [1.82, 2.24) is 9.80 Å². The van der Waals surface area contributed by atoms with Crippen LogP contribution in [0, 0.1) is 5.82 Å². The third kappa shape index (κ3) is 4.51. The molecule has 1 aromatic rings.